The van der Waals surface area contributed by atoms with Gasteiger partial charge in [-0.1, -0.05) is 0 Å². The third-order valence-corrected chi connectivity index (χ3v) is 3.54. The summed E-state index contributed by atoms with van der Waals surface area (Å²) in [5, 5.41) is 0. The Labute approximate surface area is 79.6 Å². The van der Waals surface area contributed by atoms with Crippen LogP contribution in [0.1, 0.15) is 51.4 Å². The molecule has 2 saturated carbocycles. The summed E-state index contributed by atoms with van der Waals surface area (Å²) < 4.78 is 2.00. The van der Waals surface area contributed by atoms with Crippen LogP contribution >= 0.6 is 0 Å². The zero-order valence-corrected chi connectivity index (χ0v) is 8.17. The van der Waals surface area contributed by atoms with Crippen LogP contribution in [-0.2, 0) is 4.79 Å². The predicted octanol–water partition coefficient (Wildman–Crippen LogP) is 2.22. The van der Waals surface area contributed by atoms with Crippen LogP contribution in [0.4, 0.5) is 0 Å². The second-order valence-corrected chi connectivity index (χ2v) is 4.38. The molecule has 0 atom stereocenters. The van der Waals surface area contributed by atoms with Crippen LogP contribution < -0.4 is 0 Å². The Morgan fingerprint density at radius 2 is 1.23 bits per heavy atom. The average Bonchev–Trinajstić information content (AvgIpc) is 2.76. The molecule has 0 heterocycles. The third-order valence-electron chi connectivity index (χ3n) is 3.54. The molecule has 0 aromatic rings. The fraction of sp³-hybridized carbons (Fsp3) is 0.909. The van der Waals surface area contributed by atoms with Crippen LogP contribution in [0.5, 0.6) is 0 Å². The monoisotopic (exact) mass is 180 g/mol. The molecule has 0 N–H and O–H groups in total. The van der Waals surface area contributed by atoms with E-state index < -0.39 is 0 Å². The number of carbonyl (C=O) groups excluding carboxylic acids is 1. The van der Waals surface area contributed by atoms with Gasteiger partial charge in [-0.05, 0) is 25.7 Å². The first-order chi connectivity index (χ1) is 6.42. The van der Waals surface area contributed by atoms with Crippen molar-refractivity contribution in [1.29, 1.82) is 0 Å². The lowest BCUT2D eigenvalue weighted by Crippen LogP contribution is -2.31. The second-order valence-electron chi connectivity index (χ2n) is 4.38. The molecule has 2 rings (SSSR count). The van der Waals surface area contributed by atoms with Gasteiger partial charge in [0.25, 0.3) is 0 Å². The molecule has 2 aliphatic rings. The number of nitrogens with zero attached hydrogens (tertiary/aromatic N) is 1. The van der Waals surface area contributed by atoms with Gasteiger partial charge in [0.15, 0.2) is 12.1 Å². The maximum Gasteiger partial charge on any atom is 0.424 e. The van der Waals surface area contributed by atoms with E-state index in [1.165, 1.54) is 51.4 Å². The minimum Gasteiger partial charge on any atom is -0.159 e. The van der Waals surface area contributed by atoms with Crippen LogP contribution in [0, 0.1) is 0 Å². The van der Waals surface area contributed by atoms with Crippen molar-refractivity contribution in [2.45, 2.75) is 63.5 Å². The van der Waals surface area contributed by atoms with Gasteiger partial charge in [0.1, 0.15) is 0 Å². The maximum atomic E-state index is 10.9. The van der Waals surface area contributed by atoms with E-state index in [0.717, 1.165) is 0 Å². The second kappa shape index (κ2) is 4.06. The lowest BCUT2D eigenvalue weighted by Gasteiger charge is -2.10. The van der Waals surface area contributed by atoms with E-state index in [0.29, 0.717) is 12.1 Å². The largest absolute Gasteiger partial charge is 0.424 e. The number of isocyanates is 1. The van der Waals surface area contributed by atoms with Crippen LogP contribution in [-0.4, -0.2) is 22.7 Å². The minimum absolute atomic E-state index is 0.528. The zero-order chi connectivity index (χ0) is 9.10. The van der Waals surface area contributed by atoms with Crippen molar-refractivity contribution in [3.8, 4) is 0 Å². The van der Waals surface area contributed by atoms with Gasteiger partial charge in [0.05, 0.1) is 0 Å². The summed E-state index contributed by atoms with van der Waals surface area (Å²) in [5.74, 6) is 0. The standard InChI is InChI=1S/C11H18NO/c13-9-12(10-5-1-2-6-10)11-7-3-4-8-11/h10-11H,1-8H2/q+1. The number of hydrogen-bond acceptors (Lipinski definition) is 1. The predicted molar refractivity (Wildman–Crippen MR) is 50.5 cm³/mol. The van der Waals surface area contributed by atoms with E-state index in [9.17, 15) is 4.79 Å². The van der Waals surface area contributed by atoms with E-state index in [1.54, 1.807) is 0 Å². The van der Waals surface area contributed by atoms with E-state index in [2.05, 4.69) is 6.08 Å². The van der Waals surface area contributed by atoms with E-state index in [1.807, 2.05) is 4.58 Å². The molecule has 2 aliphatic carbocycles. The minimum atomic E-state index is 0.528. The fourth-order valence-corrected chi connectivity index (χ4v) is 2.81. The van der Waals surface area contributed by atoms with Crippen molar-refractivity contribution in [3.63, 3.8) is 0 Å². The van der Waals surface area contributed by atoms with Crippen LogP contribution in [0.3, 0.4) is 0 Å². The summed E-state index contributed by atoms with van der Waals surface area (Å²) in [7, 11) is 0. The Hall–Kier alpha value is -0.620. The summed E-state index contributed by atoms with van der Waals surface area (Å²) in [5.41, 5.74) is 0. The normalized spacial score (nSPS) is 24.9. The molecule has 13 heavy (non-hydrogen) atoms. The first kappa shape index (κ1) is 8.96. The van der Waals surface area contributed by atoms with Gasteiger partial charge in [-0.25, -0.2) is 0 Å². The Kier molecular flexibility index (Phi) is 2.80. The summed E-state index contributed by atoms with van der Waals surface area (Å²) in [4.78, 5) is 10.9. The maximum absolute atomic E-state index is 10.9. The molecular weight excluding hydrogens is 162 g/mol. The molecular formula is C11H18NO+. The molecule has 0 bridgehead atoms. The van der Waals surface area contributed by atoms with Crippen molar-refractivity contribution in [1.82, 2.24) is 0 Å². The zero-order valence-electron chi connectivity index (χ0n) is 8.17. The Bertz CT molecular complexity index is 200. The van der Waals surface area contributed by atoms with Gasteiger partial charge in [-0.15, -0.1) is 4.58 Å². The topological polar surface area (TPSA) is 20.1 Å². The van der Waals surface area contributed by atoms with Crippen molar-refractivity contribution in [3.05, 3.63) is 0 Å². The van der Waals surface area contributed by atoms with Gasteiger partial charge in [0.2, 0.25) is 0 Å². The molecule has 2 heteroatoms. The van der Waals surface area contributed by atoms with Crippen molar-refractivity contribution < 1.29 is 9.37 Å². The Morgan fingerprint density at radius 1 is 0.846 bits per heavy atom. The molecule has 0 saturated heterocycles. The Morgan fingerprint density at radius 3 is 1.54 bits per heavy atom. The van der Waals surface area contributed by atoms with E-state index in [-0.39, 0.29) is 0 Å². The summed E-state index contributed by atoms with van der Waals surface area (Å²) in [6.07, 6.45) is 12.2. The number of rotatable bonds is 2. The van der Waals surface area contributed by atoms with Crippen LogP contribution in [0.2, 0.25) is 0 Å². The Balaban J connectivity index is 2.03. The first-order valence-corrected chi connectivity index (χ1v) is 5.58. The molecule has 72 valence electrons. The van der Waals surface area contributed by atoms with Crippen LogP contribution in [0.25, 0.3) is 0 Å². The highest BCUT2D eigenvalue weighted by Crippen LogP contribution is 2.27. The molecule has 0 aromatic heterocycles. The van der Waals surface area contributed by atoms with Gasteiger partial charge in [-0.2, -0.15) is 4.79 Å². The van der Waals surface area contributed by atoms with Crippen LogP contribution in [0.15, 0.2) is 0 Å². The summed E-state index contributed by atoms with van der Waals surface area (Å²) in [6, 6.07) is 1.06. The van der Waals surface area contributed by atoms with Crippen molar-refractivity contribution in [2.75, 3.05) is 0 Å². The molecule has 0 aromatic carbocycles. The lowest BCUT2D eigenvalue weighted by atomic mass is 10.1. The highest BCUT2D eigenvalue weighted by Gasteiger charge is 2.34. The highest BCUT2D eigenvalue weighted by molar-refractivity contribution is 5.25. The van der Waals surface area contributed by atoms with Gasteiger partial charge in [-0.3, -0.25) is 0 Å². The van der Waals surface area contributed by atoms with E-state index >= 15 is 0 Å². The molecule has 0 radical (unpaired) electrons. The smallest absolute Gasteiger partial charge is 0.159 e. The third kappa shape index (κ3) is 1.83. The van der Waals surface area contributed by atoms with E-state index in [4.69, 9.17) is 0 Å². The molecule has 2 fully saturated rings. The average molecular weight is 180 g/mol. The molecule has 0 unspecified atom stereocenters. The fourth-order valence-electron chi connectivity index (χ4n) is 2.81. The van der Waals surface area contributed by atoms with Crippen molar-refractivity contribution in [2.24, 2.45) is 0 Å². The molecule has 0 amide bonds. The molecule has 0 spiro atoms. The molecule has 0 aliphatic heterocycles. The quantitative estimate of drug-likeness (QED) is 0.362. The SMILES string of the molecule is O=C=[N+](C1CCCC1)C1CCCC1. The number of hydrogen-bond donors (Lipinski definition) is 0. The lowest BCUT2D eigenvalue weighted by molar-refractivity contribution is -0.596. The van der Waals surface area contributed by atoms with Crippen molar-refractivity contribution >= 4 is 6.08 Å². The highest BCUT2D eigenvalue weighted by atomic mass is 16.1. The van der Waals surface area contributed by atoms with Gasteiger partial charge < -0.3 is 0 Å². The summed E-state index contributed by atoms with van der Waals surface area (Å²) in [6.45, 7) is 0. The summed E-state index contributed by atoms with van der Waals surface area (Å²) >= 11 is 0. The first-order valence-electron chi connectivity index (χ1n) is 5.58. The van der Waals surface area contributed by atoms with Gasteiger partial charge >= 0.3 is 6.08 Å². The molecule has 2 nitrogen and oxygen atoms in total. The van der Waals surface area contributed by atoms with Gasteiger partial charge in [0, 0.05) is 25.7 Å².